The lowest BCUT2D eigenvalue weighted by atomic mass is 10.3. The largest absolute Gasteiger partial charge is 0.345 e. The highest BCUT2D eigenvalue weighted by atomic mass is 16.5. The topological polar surface area (TPSA) is 96.7 Å². The Morgan fingerprint density at radius 2 is 2.53 bits per heavy atom. The molecule has 7 nitrogen and oxygen atoms in total. The van der Waals surface area contributed by atoms with Crippen LogP contribution in [0.1, 0.15) is 22.1 Å². The normalized spacial score (nSPS) is 10.2. The Morgan fingerprint density at radius 1 is 1.67 bits per heavy atom. The molecular formula is C8H9N5O2. The summed E-state index contributed by atoms with van der Waals surface area (Å²) in [5, 5.41) is 12.5. The van der Waals surface area contributed by atoms with Gasteiger partial charge in [-0.25, -0.2) is 0 Å². The van der Waals surface area contributed by atoms with Crippen molar-refractivity contribution in [3.8, 4) is 0 Å². The van der Waals surface area contributed by atoms with Crippen LogP contribution in [-0.4, -0.2) is 26.2 Å². The number of rotatable bonds is 3. The quantitative estimate of drug-likeness (QED) is 0.740. The average molecular weight is 207 g/mol. The zero-order chi connectivity index (χ0) is 10.7. The molecule has 7 heteroatoms. The fraction of sp³-hybridized carbons (Fsp3) is 0.250. The van der Waals surface area contributed by atoms with E-state index < -0.39 is 0 Å². The minimum Gasteiger partial charge on any atom is -0.345 e. The van der Waals surface area contributed by atoms with Crippen LogP contribution in [0.2, 0.25) is 0 Å². The Morgan fingerprint density at radius 3 is 3.13 bits per heavy atom. The average Bonchev–Trinajstić information content (AvgIpc) is 2.84. The second-order valence-corrected chi connectivity index (χ2v) is 2.93. The van der Waals surface area contributed by atoms with Gasteiger partial charge in [-0.15, -0.1) is 0 Å². The van der Waals surface area contributed by atoms with E-state index in [1.807, 2.05) is 0 Å². The first-order chi connectivity index (χ1) is 7.25. The van der Waals surface area contributed by atoms with Crippen LogP contribution in [-0.2, 0) is 6.54 Å². The van der Waals surface area contributed by atoms with Crippen LogP contribution >= 0.6 is 0 Å². The number of amides is 1. The van der Waals surface area contributed by atoms with Gasteiger partial charge in [0, 0.05) is 25.2 Å². The molecule has 1 amide bonds. The predicted molar refractivity (Wildman–Crippen MR) is 48.8 cm³/mol. The summed E-state index contributed by atoms with van der Waals surface area (Å²) in [6.45, 7) is 2.00. The fourth-order valence-electron chi connectivity index (χ4n) is 1.03. The molecule has 2 heterocycles. The number of nitrogens with one attached hydrogen (secondary N) is 2. The highest BCUT2D eigenvalue weighted by Crippen LogP contribution is 1.96. The first-order valence-corrected chi connectivity index (χ1v) is 4.32. The molecule has 78 valence electrons. The first-order valence-electron chi connectivity index (χ1n) is 4.32. The van der Waals surface area contributed by atoms with Crippen LogP contribution in [0.5, 0.6) is 0 Å². The zero-order valence-electron chi connectivity index (χ0n) is 8.02. The van der Waals surface area contributed by atoms with Crippen molar-refractivity contribution in [2.45, 2.75) is 13.5 Å². The SMILES string of the molecule is Cc1nc(C(=O)NCc2cn[nH]c2)no1. The van der Waals surface area contributed by atoms with Gasteiger partial charge in [0.15, 0.2) is 0 Å². The number of carbonyl (C=O) groups excluding carboxylic acids is 1. The molecule has 15 heavy (non-hydrogen) atoms. The van der Waals surface area contributed by atoms with Crippen molar-refractivity contribution in [1.29, 1.82) is 0 Å². The molecule has 2 N–H and O–H groups in total. The molecule has 0 unspecified atom stereocenters. The van der Waals surface area contributed by atoms with Crippen LogP contribution in [0, 0.1) is 6.92 Å². The molecule has 2 aromatic heterocycles. The molecule has 0 aromatic carbocycles. The second-order valence-electron chi connectivity index (χ2n) is 2.93. The molecule has 2 rings (SSSR count). The van der Waals surface area contributed by atoms with E-state index in [1.54, 1.807) is 19.3 Å². The van der Waals surface area contributed by atoms with Crippen LogP contribution < -0.4 is 5.32 Å². The molecule has 0 saturated carbocycles. The third kappa shape index (κ3) is 2.19. The monoisotopic (exact) mass is 207 g/mol. The van der Waals surface area contributed by atoms with E-state index in [0.29, 0.717) is 12.4 Å². The van der Waals surface area contributed by atoms with E-state index in [-0.39, 0.29) is 11.7 Å². The number of aromatic amines is 1. The number of carbonyl (C=O) groups is 1. The number of H-pyrrole nitrogens is 1. The van der Waals surface area contributed by atoms with Crippen LogP contribution in [0.15, 0.2) is 16.9 Å². The number of hydrogen-bond donors (Lipinski definition) is 2. The number of aryl methyl sites for hydroxylation is 1. The summed E-state index contributed by atoms with van der Waals surface area (Å²) in [4.78, 5) is 15.2. The first kappa shape index (κ1) is 9.38. The van der Waals surface area contributed by atoms with E-state index in [1.165, 1.54) is 0 Å². The third-order valence-corrected chi connectivity index (χ3v) is 1.74. The molecule has 0 saturated heterocycles. The lowest BCUT2D eigenvalue weighted by Gasteiger charge is -1.97. The maximum absolute atomic E-state index is 11.4. The summed E-state index contributed by atoms with van der Waals surface area (Å²) in [7, 11) is 0. The van der Waals surface area contributed by atoms with E-state index in [2.05, 4.69) is 30.2 Å². The molecular weight excluding hydrogens is 198 g/mol. The van der Waals surface area contributed by atoms with Gasteiger partial charge in [0.2, 0.25) is 5.89 Å². The Bertz CT molecular complexity index is 447. The van der Waals surface area contributed by atoms with Gasteiger partial charge in [-0.3, -0.25) is 9.89 Å². The Hall–Kier alpha value is -2.18. The minimum atomic E-state index is -0.368. The minimum absolute atomic E-state index is 0.0380. The Balaban J connectivity index is 1.93. The molecule has 0 atom stereocenters. The molecule has 0 spiro atoms. The van der Waals surface area contributed by atoms with Crippen molar-refractivity contribution in [3.63, 3.8) is 0 Å². The van der Waals surface area contributed by atoms with Crippen molar-refractivity contribution >= 4 is 5.91 Å². The van der Waals surface area contributed by atoms with Gasteiger partial charge in [0.05, 0.1) is 6.20 Å². The summed E-state index contributed by atoms with van der Waals surface area (Å²) in [6, 6.07) is 0. The van der Waals surface area contributed by atoms with Gasteiger partial charge in [-0.1, -0.05) is 5.16 Å². The van der Waals surface area contributed by atoms with Crippen LogP contribution in [0.3, 0.4) is 0 Å². The predicted octanol–water partition coefficient (Wildman–Crippen LogP) is 0.0311. The van der Waals surface area contributed by atoms with Gasteiger partial charge in [0.1, 0.15) is 0 Å². The number of hydrogen-bond acceptors (Lipinski definition) is 5. The van der Waals surface area contributed by atoms with Gasteiger partial charge < -0.3 is 9.84 Å². The van der Waals surface area contributed by atoms with Gasteiger partial charge in [-0.2, -0.15) is 10.1 Å². The summed E-state index contributed by atoms with van der Waals surface area (Å²) in [6.07, 6.45) is 3.32. The lowest BCUT2D eigenvalue weighted by Crippen LogP contribution is -2.23. The Kier molecular flexibility index (Phi) is 2.44. The summed E-state index contributed by atoms with van der Waals surface area (Å²) in [5.74, 6) is 0.0347. The smallest absolute Gasteiger partial charge is 0.292 e. The van der Waals surface area contributed by atoms with E-state index >= 15 is 0 Å². The molecule has 0 fully saturated rings. The van der Waals surface area contributed by atoms with Crippen molar-refractivity contribution < 1.29 is 9.32 Å². The number of nitrogens with zero attached hydrogens (tertiary/aromatic N) is 3. The van der Waals surface area contributed by atoms with E-state index in [9.17, 15) is 4.79 Å². The Labute approximate surface area is 84.9 Å². The lowest BCUT2D eigenvalue weighted by molar-refractivity contribution is 0.0937. The molecule has 0 aliphatic rings. The van der Waals surface area contributed by atoms with Gasteiger partial charge in [0.25, 0.3) is 11.7 Å². The summed E-state index contributed by atoms with van der Waals surface area (Å²) >= 11 is 0. The van der Waals surface area contributed by atoms with Crippen LogP contribution in [0.25, 0.3) is 0 Å². The van der Waals surface area contributed by atoms with Crippen LogP contribution in [0.4, 0.5) is 0 Å². The van der Waals surface area contributed by atoms with Crippen molar-refractivity contribution in [2.24, 2.45) is 0 Å². The molecule has 2 aromatic rings. The fourth-order valence-corrected chi connectivity index (χ4v) is 1.03. The van der Waals surface area contributed by atoms with Gasteiger partial charge in [-0.05, 0) is 0 Å². The van der Waals surface area contributed by atoms with E-state index in [4.69, 9.17) is 0 Å². The van der Waals surface area contributed by atoms with Crippen molar-refractivity contribution in [3.05, 3.63) is 29.7 Å². The number of aromatic nitrogens is 4. The van der Waals surface area contributed by atoms with Gasteiger partial charge >= 0.3 is 0 Å². The van der Waals surface area contributed by atoms with Crippen molar-refractivity contribution in [2.75, 3.05) is 0 Å². The summed E-state index contributed by atoms with van der Waals surface area (Å²) < 4.78 is 4.68. The van der Waals surface area contributed by atoms with E-state index in [0.717, 1.165) is 5.56 Å². The van der Waals surface area contributed by atoms with Crippen molar-refractivity contribution in [1.82, 2.24) is 25.7 Å². The second kappa shape index (κ2) is 3.91. The highest BCUT2D eigenvalue weighted by molar-refractivity contribution is 5.90. The third-order valence-electron chi connectivity index (χ3n) is 1.74. The maximum Gasteiger partial charge on any atom is 0.292 e. The molecule has 0 radical (unpaired) electrons. The molecule has 0 aliphatic heterocycles. The highest BCUT2D eigenvalue weighted by Gasteiger charge is 2.11. The maximum atomic E-state index is 11.4. The molecule has 0 aliphatic carbocycles. The zero-order valence-corrected chi connectivity index (χ0v) is 8.02. The standard InChI is InChI=1S/C8H9N5O2/c1-5-12-7(13-15-5)8(14)9-2-6-3-10-11-4-6/h3-4H,2H2,1H3,(H,9,14)(H,10,11). The molecule has 0 bridgehead atoms. The summed E-state index contributed by atoms with van der Waals surface area (Å²) in [5.41, 5.74) is 0.878.